The zero-order chi connectivity index (χ0) is 12.8. The van der Waals surface area contributed by atoms with Gasteiger partial charge in [-0.05, 0) is 12.8 Å². The molecule has 1 saturated carbocycles. The van der Waals surface area contributed by atoms with Crippen LogP contribution >= 0.6 is 0 Å². The number of aryl methyl sites for hydroxylation is 2. The maximum atomic E-state index is 11.8. The molecule has 100 valence electrons. The molecule has 1 N–H and O–H groups in total. The van der Waals surface area contributed by atoms with Crippen molar-refractivity contribution in [3.63, 3.8) is 0 Å². The summed E-state index contributed by atoms with van der Waals surface area (Å²) in [6.07, 6.45) is 8.25. The molecule has 0 radical (unpaired) electrons. The lowest BCUT2D eigenvalue weighted by molar-refractivity contribution is -0.121. The zero-order valence-electron chi connectivity index (χ0n) is 10.9. The van der Waals surface area contributed by atoms with Gasteiger partial charge < -0.3 is 9.73 Å². The number of hydrogen-bond acceptors (Lipinski definition) is 4. The molecule has 0 aromatic carbocycles. The number of nitrogens with zero attached hydrogens (tertiary/aromatic N) is 2. The van der Waals surface area contributed by atoms with Crippen molar-refractivity contribution in [3.8, 4) is 0 Å². The molecule has 1 aromatic heterocycles. The first-order chi connectivity index (χ1) is 8.74. The Balaban J connectivity index is 1.71. The minimum absolute atomic E-state index is 0.0951. The van der Waals surface area contributed by atoms with Crippen LogP contribution < -0.4 is 5.32 Å². The van der Waals surface area contributed by atoms with E-state index in [1.54, 1.807) is 6.92 Å². The van der Waals surface area contributed by atoms with Crippen LogP contribution in [-0.2, 0) is 11.2 Å². The molecule has 1 aliphatic carbocycles. The van der Waals surface area contributed by atoms with E-state index in [9.17, 15) is 4.79 Å². The Labute approximate surface area is 107 Å². The topological polar surface area (TPSA) is 68.0 Å². The average molecular weight is 251 g/mol. The van der Waals surface area contributed by atoms with Crippen LogP contribution in [0.5, 0.6) is 0 Å². The van der Waals surface area contributed by atoms with Crippen molar-refractivity contribution in [2.45, 2.75) is 64.3 Å². The van der Waals surface area contributed by atoms with E-state index in [0.717, 1.165) is 12.8 Å². The summed E-state index contributed by atoms with van der Waals surface area (Å²) in [5, 5.41) is 10.7. The van der Waals surface area contributed by atoms with Crippen molar-refractivity contribution >= 4 is 5.91 Å². The lowest BCUT2D eigenvalue weighted by atomic mass is 10.1. The highest BCUT2D eigenvalue weighted by atomic mass is 16.4. The normalized spacial score (nSPS) is 17.4. The van der Waals surface area contributed by atoms with E-state index in [0.29, 0.717) is 30.7 Å². The Kier molecular flexibility index (Phi) is 4.73. The molecule has 0 spiro atoms. The van der Waals surface area contributed by atoms with E-state index in [-0.39, 0.29) is 5.91 Å². The fourth-order valence-corrected chi connectivity index (χ4v) is 2.38. The number of amides is 1. The van der Waals surface area contributed by atoms with Gasteiger partial charge in [0, 0.05) is 25.8 Å². The van der Waals surface area contributed by atoms with Gasteiger partial charge in [-0.3, -0.25) is 4.79 Å². The highest BCUT2D eigenvalue weighted by Gasteiger charge is 2.15. The molecule has 1 aromatic rings. The van der Waals surface area contributed by atoms with Gasteiger partial charge in [-0.2, -0.15) is 0 Å². The first-order valence-electron chi connectivity index (χ1n) is 6.82. The first-order valence-corrected chi connectivity index (χ1v) is 6.82. The van der Waals surface area contributed by atoms with E-state index in [1.165, 1.54) is 25.7 Å². The third kappa shape index (κ3) is 4.13. The summed E-state index contributed by atoms with van der Waals surface area (Å²) in [5.74, 6) is 1.19. The fourth-order valence-electron chi connectivity index (χ4n) is 2.38. The molecular weight excluding hydrogens is 230 g/mol. The Morgan fingerprint density at radius 2 is 2.00 bits per heavy atom. The molecule has 1 heterocycles. The van der Waals surface area contributed by atoms with Gasteiger partial charge in [-0.1, -0.05) is 25.7 Å². The highest BCUT2D eigenvalue weighted by molar-refractivity contribution is 5.76. The van der Waals surface area contributed by atoms with E-state index in [2.05, 4.69) is 15.5 Å². The molecular formula is C13H21N3O2. The van der Waals surface area contributed by atoms with Crippen molar-refractivity contribution in [2.24, 2.45) is 0 Å². The van der Waals surface area contributed by atoms with Crippen molar-refractivity contribution in [1.29, 1.82) is 0 Å². The largest absolute Gasteiger partial charge is 0.426 e. The predicted molar refractivity (Wildman–Crippen MR) is 67.0 cm³/mol. The monoisotopic (exact) mass is 251 g/mol. The van der Waals surface area contributed by atoms with Crippen LogP contribution in [0.3, 0.4) is 0 Å². The molecule has 1 fully saturated rings. The quantitative estimate of drug-likeness (QED) is 0.832. The summed E-state index contributed by atoms with van der Waals surface area (Å²) in [5.41, 5.74) is 0. The van der Waals surface area contributed by atoms with Gasteiger partial charge in [0.1, 0.15) is 0 Å². The Bertz CT molecular complexity index is 381. The first kappa shape index (κ1) is 13.1. The predicted octanol–water partition coefficient (Wildman–Crippen LogP) is 2.15. The molecule has 18 heavy (non-hydrogen) atoms. The molecule has 1 aliphatic rings. The minimum atomic E-state index is 0.0951. The highest BCUT2D eigenvalue weighted by Crippen LogP contribution is 2.17. The zero-order valence-corrected chi connectivity index (χ0v) is 10.9. The van der Waals surface area contributed by atoms with Gasteiger partial charge in [0.25, 0.3) is 0 Å². The Morgan fingerprint density at radius 1 is 1.28 bits per heavy atom. The third-order valence-corrected chi connectivity index (χ3v) is 3.35. The lowest BCUT2D eigenvalue weighted by Crippen LogP contribution is -2.34. The van der Waals surface area contributed by atoms with Gasteiger partial charge in [-0.25, -0.2) is 0 Å². The SMILES string of the molecule is Cc1nnc(CCC(=O)NC2CCCCCC2)o1. The molecule has 0 atom stereocenters. The second-order valence-corrected chi connectivity index (χ2v) is 4.97. The third-order valence-electron chi connectivity index (χ3n) is 3.35. The fraction of sp³-hybridized carbons (Fsp3) is 0.769. The second kappa shape index (κ2) is 6.52. The molecule has 5 nitrogen and oxygen atoms in total. The minimum Gasteiger partial charge on any atom is -0.426 e. The van der Waals surface area contributed by atoms with Crippen LogP contribution in [0.2, 0.25) is 0 Å². The molecule has 0 saturated heterocycles. The van der Waals surface area contributed by atoms with Gasteiger partial charge in [0.05, 0.1) is 0 Å². The molecule has 0 unspecified atom stereocenters. The summed E-state index contributed by atoms with van der Waals surface area (Å²) in [4.78, 5) is 11.8. The van der Waals surface area contributed by atoms with Crippen LogP contribution in [0.1, 0.15) is 56.7 Å². The van der Waals surface area contributed by atoms with Gasteiger partial charge in [-0.15, -0.1) is 10.2 Å². The number of carbonyl (C=O) groups excluding carboxylic acids is 1. The second-order valence-electron chi connectivity index (χ2n) is 4.97. The van der Waals surface area contributed by atoms with Gasteiger partial charge in [0.2, 0.25) is 17.7 Å². The van der Waals surface area contributed by atoms with E-state index in [1.807, 2.05) is 0 Å². The maximum absolute atomic E-state index is 11.8. The molecule has 1 amide bonds. The van der Waals surface area contributed by atoms with Crippen LogP contribution in [0.15, 0.2) is 4.42 Å². The number of carbonyl (C=O) groups is 1. The number of aromatic nitrogens is 2. The van der Waals surface area contributed by atoms with Crippen molar-refractivity contribution in [1.82, 2.24) is 15.5 Å². The average Bonchev–Trinajstić information content (AvgIpc) is 2.60. The molecule has 0 aliphatic heterocycles. The number of nitrogens with one attached hydrogen (secondary N) is 1. The summed E-state index contributed by atoms with van der Waals surface area (Å²) in [7, 11) is 0. The standard InChI is InChI=1S/C13H21N3O2/c1-10-15-16-13(18-10)9-8-12(17)14-11-6-4-2-3-5-7-11/h11H,2-9H2,1H3,(H,14,17). The van der Waals surface area contributed by atoms with Crippen LogP contribution in [0, 0.1) is 6.92 Å². The molecule has 0 bridgehead atoms. The van der Waals surface area contributed by atoms with Crippen molar-refractivity contribution in [2.75, 3.05) is 0 Å². The lowest BCUT2D eigenvalue weighted by Gasteiger charge is -2.15. The number of rotatable bonds is 4. The molecule has 2 rings (SSSR count). The Morgan fingerprint density at radius 3 is 2.61 bits per heavy atom. The summed E-state index contributed by atoms with van der Waals surface area (Å²) >= 11 is 0. The van der Waals surface area contributed by atoms with E-state index in [4.69, 9.17) is 4.42 Å². The van der Waals surface area contributed by atoms with Crippen LogP contribution in [0.4, 0.5) is 0 Å². The van der Waals surface area contributed by atoms with Crippen molar-refractivity contribution in [3.05, 3.63) is 11.8 Å². The Hall–Kier alpha value is -1.39. The summed E-state index contributed by atoms with van der Waals surface area (Å²) in [6, 6.07) is 0.365. The van der Waals surface area contributed by atoms with Gasteiger partial charge in [0.15, 0.2) is 0 Å². The van der Waals surface area contributed by atoms with Crippen molar-refractivity contribution < 1.29 is 9.21 Å². The number of hydrogen-bond donors (Lipinski definition) is 1. The van der Waals surface area contributed by atoms with E-state index >= 15 is 0 Å². The van der Waals surface area contributed by atoms with Gasteiger partial charge >= 0.3 is 0 Å². The summed E-state index contributed by atoms with van der Waals surface area (Å²) in [6.45, 7) is 1.75. The van der Waals surface area contributed by atoms with Crippen LogP contribution in [-0.4, -0.2) is 22.1 Å². The molecule has 5 heteroatoms. The maximum Gasteiger partial charge on any atom is 0.220 e. The van der Waals surface area contributed by atoms with E-state index < -0.39 is 0 Å². The summed E-state index contributed by atoms with van der Waals surface area (Å²) < 4.78 is 5.24. The smallest absolute Gasteiger partial charge is 0.220 e. The van der Waals surface area contributed by atoms with Crippen LogP contribution in [0.25, 0.3) is 0 Å².